The Kier molecular flexibility index (Phi) is 4.06. The number of H-pyrrole nitrogens is 1. The summed E-state index contributed by atoms with van der Waals surface area (Å²) in [4.78, 5) is 14.3. The Bertz CT molecular complexity index is 764. The number of nitrogens with zero attached hydrogens (tertiary/aromatic N) is 1. The van der Waals surface area contributed by atoms with E-state index in [0.29, 0.717) is 15.7 Å². The van der Waals surface area contributed by atoms with Gasteiger partial charge in [0.25, 0.3) is 5.56 Å². The van der Waals surface area contributed by atoms with Crippen LogP contribution in [0.5, 0.6) is 0 Å². The predicted molar refractivity (Wildman–Crippen MR) is 82.3 cm³/mol. The summed E-state index contributed by atoms with van der Waals surface area (Å²) in [5.74, 6) is -0.478. The average Bonchev–Trinajstić information content (AvgIpc) is 2.33. The molecule has 1 N–H and O–H groups in total. The van der Waals surface area contributed by atoms with Crippen LogP contribution >= 0.6 is 38.5 Å². The lowest BCUT2D eigenvalue weighted by Gasteiger charge is -2.08. The number of aryl methyl sites for hydroxylation is 1. The van der Waals surface area contributed by atoms with Gasteiger partial charge in [0.15, 0.2) is 0 Å². The van der Waals surface area contributed by atoms with Crippen LogP contribution in [0, 0.1) is 27.6 Å². The third kappa shape index (κ3) is 2.72. The topological polar surface area (TPSA) is 56.6 Å². The third-order valence-electron chi connectivity index (χ3n) is 2.58. The van der Waals surface area contributed by atoms with Crippen LogP contribution in [0.15, 0.2) is 27.5 Å². The van der Waals surface area contributed by atoms with Crippen molar-refractivity contribution in [3.8, 4) is 17.2 Å². The molecule has 3 nitrogen and oxygen atoms in total. The number of nitriles is 1. The summed E-state index contributed by atoms with van der Waals surface area (Å²) in [7, 11) is 0. The fraction of sp³-hybridized carbons (Fsp3) is 0.0769. The summed E-state index contributed by atoms with van der Waals surface area (Å²) in [5, 5.41) is 9.06. The summed E-state index contributed by atoms with van der Waals surface area (Å²) in [6.07, 6.45) is 0. The van der Waals surface area contributed by atoms with Gasteiger partial charge < -0.3 is 4.98 Å². The number of nitrogens with one attached hydrogen (secondary N) is 1. The van der Waals surface area contributed by atoms with Gasteiger partial charge in [0.2, 0.25) is 0 Å². The van der Waals surface area contributed by atoms with E-state index in [9.17, 15) is 9.18 Å². The number of aromatic nitrogens is 1. The standard InChI is InChI=1S/C13H7BrFIN2O/c1-6-2-7(9(5-17)13(19)18-6)8-3-12(16)10(14)4-11(8)15/h2-4H,1H3,(H,18,19). The third-order valence-corrected chi connectivity index (χ3v) is 4.87. The highest BCUT2D eigenvalue weighted by molar-refractivity contribution is 14.1. The molecule has 1 aromatic heterocycles. The summed E-state index contributed by atoms with van der Waals surface area (Å²) < 4.78 is 15.5. The largest absolute Gasteiger partial charge is 0.325 e. The molecule has 0 fully saturated rings. The van der Waals surface area contributed by atoms with Gasteiger partial charge in [0.05, 0.1) is 0 Å². The molecule has 0 aliphatic rings. The van der Waals surface area contributed by atoms with Gasteiger partial charge in [-0.3, -0.25) is 4.79 Å². The second-order valence-corrected chi connectivity index (χ2v) is 5.94. The quantitative estimate of drug-likeness (QED) is 0.551. The maximum atomic E-state index is 14.0. The first kappa shape index (κ1) is 14.2. The van der Waals surface area contributed by atoms with Crippen molar-refractivity contribution in [2.75, 3.05) is 0 Å². The van der Waals surface area contributed by atoms with Crippen LogP contribution in [0.25, 0.3) is 11.1 Å². The zero-order valence-electron chi connectivity index (χ0n) is 9.72. The molecule has 0 saturated carbocycles. The van der Waals surface area contributed by atoms with E-state index in [4.69, 9.17) is 5.26 Å². The smallest absolute Gasteiger partial charge is 0.266 e. The van der Waals surface area contributed by atoms with E-state index < -0.39 is 11.4 Å². The van der Waals surface area contributed by atoms with Crippen molar-refractivity contribution in [1.29, 1.82) is 5.26 Å². The van der Waals surface area contributed by atoms with Crippen LogP contribution < -0.4 is 5.56 Å². The Morgan fingerprint density at radius 1 is 1.37 bits per heavy atom. The molecule has 0 aliphatic carbocycles. The van der Waals surface area contributed by atoms with E-state index in [-0.39, 0.29) is 11.1 Å². The molecule has 0 bridgehead atoms. The van der Waals surface area contributed by atoms with Gasteiger partial charge in [-0.25, -0.2) is 4.39 Å². The summed E-state index contributed by atoms with van der Waals surface area (Å²) in [5.41, 5.74) is 0.554. The Balaban J connectivity index is 2.83. The molecule has 6 heteroatoms. The number of hydrogen-bond donors (Lipinski definition) is 1. The second-order valence-electron chi connectivity index (χ2n) is 3.93. The summed E-state index contributed by atoms with van der Waals surface area (Å²) >= 11 is 5.29. The van der Waals surface area contributed by atoms with Gasteiger partial charge in [0, 0.05) is 24.9 Å². The van der Waals surface area contributed by atoms with Gasteiger partial charge in [-0.05, 0) is 63.6 Å². The SMILES string of the molecule is Cc1cc(-c2cc(I)c(Br)cc2F)c(C#N)c(=O)[nH]1. The lowest BCUT2D eigenvalue weighted by molar-refractivity contribution is 0.630. The number of hydrogen-bond acceptors (Lipinski definition) is 2. The molecule has 2 rings (SSSR count). The molecular weight excluding hydrogens is 426 g/mol. The maximum Gasteiger partial charge on any atom is 0.266 e. The molecule has 0 amide bonds. The minimum atomic E-state index is -0.505. The predicted octanol–water partition coefficient (Wildman–Crippen LogP) is 3.73. The van der Waals surface area contributed by atoms with E-state index in [2.05, 4.69) is 43.5 Å². The van der Waals surface area contributed by atoms with Crippen LogP contribution in [0.4, 0.5) is 4.39 Å². The molecule has 0 aliphatic heterocycles. The van der Waals surface area contributed by atoms with Gasteiger partial charge in [0.1, 0.15) is 17.4 Å². The fourth-order valence-electron chi connectivity index (χ4n) is 1.74. The van der Waals surface area contributed by atoms with E-state index in [0.717, 1.165) is 3.57 Å². The van der Waals surface area contributed by atoms with Crippen molar-refractivity contribution in [1.82, 2.24) is 4.98 Å². The number of rotatable bonds is 1. The van der Waals surface area contributed by atoms with Crippen molar-refractivity contribution in [2.45, 2.75) is 6.92 Å². The minimum absolute atomic E-state index is 0.0809. The first-order valence-corrected chi connectivity index (χ1v) is 7.10. The fourth-order valence-corrected chi connectivity index (χ4v) is 2.52. The van der Waals surface area contributed by atoms with Crippen molar-refractivity contribution in [3.63, 3.8) is 0 Å². The molecule has 0 atom stereocenters. The van der Waals surface area contributed by atoms with Gasteiger partial charge >= 0.3 is 0 Å². The Morgan fingerprint density at radius 2 is 2.05 bits per heavy atom. The number of pyridine rings is 1. The van der Waals surface area contributed by atoms with Gasteiger partial charge in [-0.15, -0.1) is 0 Å². The lowest BCUT2D eigenvalue weighted by atomic mass is 10.0. The molecule has 96 valence electrons. The van der Waals surface area contributed by atoms with Crippen molar-refractivity contribution in [2.24, 2.45) is 0 Å². The second kappa shape index (κ2) is 5.43. The minimum Gasteiger partial charge on any atom is -0.325 e. The zero-order chi connectivity index (χ0) is 14.2. The Hall–Kier alpha value is -1.20. The van der Waals surface area contributed by atoms with E-state index in [1.165, 1.54) is 6.07 Å². The van der Waals surface area contributed by atoms with Crippen LogP contribution in [0.1, 0.15) is 11.3 Å². The van der Waals surface area contributed by atoms with Crippen LogP contribution in [-0.2, 0) is 0 Å². The molecule has 0 spiro atoms. The molecule has 1 heterocycles. The number of benzene rings is 1. The summed E-state index contributed by atoms with van der Waals surface area (Å²) in [6, 6.07) is 6.36. The van der Waals surface area contributed by atoms with Gasteiger partial charge in [-0.2, -0.15) is 5.26 Å². The molecule has 1 aromatic carbocycles. The molecule has 0 saturated heterocycles. The van der Waals surface area contributed by atoms with Crippen molar-refractivity contribution < 1.29 is 4.39 Å². The van der Waals surface area contributed by atoms with Crippen LogP contribution in [0.3, 0.4) is 0 Å². The molecule has 2 aromatic rings. The molecular formula is C13H7BrFIN2O. The first-order chi connectivity index (χ1) is 8.93. The van der Waals surface area contributed by atoms with Crippen molar-refractivity contribution >= 4 is 38.5 Å². The van der Waals surface area contributed by atoms with E-state index >= 15 is 0 Å². The Labute approximate surface area is 130 Å². The highest BCUT2D eigenvalue weighted by Crippen LogP contribution is 2.30. The highest BCUT2D eigenvalue weighted by Gasteiger charge is 2.15. The van der Waals surface area contributed by atoms with Crippen LogP contribution in [0.2, 0.25) is 0 Å². The van der Waals surface area contributed by atoms with Crippen LogP contribution in [-0.4, -0.2) is 4.98 Å². The van der Waals surface area contributed by atoms with E-state index in [1.807, 2.05) is 6.07 Å². The zero-order valence-corrected chi connectivity index (χ0v) is 13.5. The highest BCUT2D eigenvalue weighted by atomic mass is 127. The van der Waals surface area contributed by atoms with Gasteiger partial charge in [-0.1, -0.05) is 0 Å². The monoisotopic (exact) mass is 432 g/mol. The maximum absolute atomic E-state index is 14.0. The normalized spacial score (nSPS) is 10.3. The Morgan fingerprint density at radius 3 is 2.68 bits per heavy atom. The molecule has 0 unspecified atom stereocenters. The lowest BCUT2D eigenvalue weighted by Crippen LogP contribution is -2.13. The average molecular weight is 433 g/mol. The molecule has 0 radical (unpaired) electrons. The number of halogens is 3. The van der Waals surface area contributed by atoms with E-state index in [1.54, 1.807) is 19.1 Å². The van der Waals surface area contributed by atoms with Crippen molar-refractivity contribution in [3.05, 3.63) is 53.7 Å². The first-order valence-electron chi connectivity index (χ1n) is 5.23. The number of aromatic amines is 1. The molecule has 19 heavy (non-hydrogen) atoms. The summed E-state index contributed by atoms with van der Waals surface area (Å²) in [6.45, 7) is 1.69.